The van der Waals surface area contributed by atoms with E-state index in [9.17, 15) is 4.79 Å². The van der Waals surface area contributed by atoms with Crippen LogP contribution in [0.2, 0.25) is 5.02 Å². The molecule has 5 aromatic rings. The first-order chi connectivity index (χ1) is 20.9. The van der Waals surface area contributed by atoms with E-state index in [1.54, 1.807) is 32.1 Å². The second-order valence-electron chi connectivity index (χ2n) is 12.3. The number of hydrogen-bond donors (Lipinski definition) is 2. The second-order valence-corrected chi connectivity index (χ2v) is 13.8. The number of carbonyl (C=O) groups is 1. The first kappa shape index (κ1) is 32.1. The van der Waals surface area contributed by atoms with Crippen molar-refractivity contribution in [2.24, 2.45) is 7.05 Å². The fourth-order valence-corrected chi connectivity index (χ4v) is 6.95. The van der Waals surface area contributed by atoms with Crippen LogP contribution in [0.1, 0.15) is 63.3 Å². The number of thiazole rings is 1. The average Bonchev–Trinajstić information content (AvgIpc) is 3.54. The zero-order valence-corrected chi connectivity index (χ0v) is 27.9. The fraction of sp³-hybridized carbons (Fsp3) is 0.400. The van der Waals surface area contributed by atoms with Gasteiger partial charge in [-0.05, 0) is 114 Å². The largest absolute Gasteiger partial charge is 0.466 e. The molecule has 3 aromatic carbocycles. The number of rotatable bonds is 6. The third-order valence-electron chi connectivity index (χ3n) is 7.62. The predicted octanol–water partition coefficient (Wildman–Crippen LogP) is 7.83. The highest BCUT2D eigenvalue weighted by atomic mass is 35.5. The van der Waals surface area contributed by atoms with Crippen molar-refractivity contribution < 1.29 is 14.6 Å². The van der Waals surface area contributed by atoms with Crippen molar-refractivity contribution in [3.05, 3.63) is 70.4 Å². The summed E-state index contributed by atoms with van der Waals surface area (Å²) in [4.78, 5) is 17.7. The van der Waals surface area contributed by atoms with Gasteiger partial charge in [-0.25, -0.2) is 4.98 Å². The van der Waals surface area contributed by atoms with Gasteiger partial charge in [-0.3, -0.25) is 9.48 Å². The van der Waals surface area contributed by atoms with Gasteiger partial charge < -0.3 is 15.2 Å². The van der Waals surface area contributed by atoms with Crippen LogP contribution in [0.4, 0.5) is 0 Å². The Morgan fingerprint density at radius 3 is 2.43 bits per heavy atom. The summed E-state index contributed by atoms with van der Waals surface area (Å²) in [7, 11) is 2.02. The first-order valence-corrected chi connectivity index (χ1v) is 16.4. The van der Waals surface area contributed by atoms with Gasteiger partial charge in [-0.1, -0.05) is 23.7 Å². The van der Waals surface area contributed by atoms with E-state index >= 15 is 0 Å². The van der Waals surface area contributed by atoms with Gasteiger partial charge in [0.05, 0.1) is 40.1 Å². The van der Waals surface area contributed by atoms with Crippen molar-refractivity contribution in [1.82, 2.24) is 20.1 Å². The van der Waals surface area contributed by atoms with E-state index in [1.807, 2.05) is 49.8 Å². The minimum absolute atomic E-state index is 0.210. The lowest BCUT2D eigenvalue weighted by Gasteiger charge is -2.21. The molecule has 0 aliphatic carbocycles. The van der Waals surface area contributed by atoms with Crippen molar-refractivity contribution in [3.63, 3.8) is 0 Å². The topological polar surface area (TPSA) is 89.3 Å². The Balaban J connectivity index is 0.000000712. The summed E-state index contributed by atoms with van der Waals surface area (Å²) in [5.74, 6) is 0.234. The molecule has 1 saturated heterocycles. The number of piperidine rings is 1. The third kappa shape index (κ3) is 7.32. The van der Waals surface area contributed by atoms with Gasteiger partial charge in [0, 0.05) is 34.5 Å². The minimum atomic E-state index is -0.500. The molecule has 6 rings (SSSR count). The minimum Gasteiger partial charge on any atom is -0.466 e. The Labute approximate surface area is 268 Å². The van der Waals surface area contributed by atoms with Crippen LogP contribution in [0.25, 0.3) is 42.8 Å². The molecule has 1 aliphatic heterocycles. The Morgan fingerprint density at radius 2 is 1.77 bits per heavy atom. The average molecular weight is 633 g/mol. The Bertz CT molecular complexity index is 1770. The monoisotopic (exact) mass is 632 g/mol. The number of nitrogens with zero attached hydrogens (tertiary/aromatic N) is 3. The molecular weight excluding hydrogens is 592 g/mol. The van der Waals surface area contributed by atoms with E-state index in [-0.39, 0.29) is 12.4 Å². The zero-order valence-electron chi connectivity index (χ0n) is 26.3. The first-order valence-electron chi connectivity index (χ1n) is 15.2. The lowest BCUT2D eigenvalue weighted by atomic mass is 9.92. The molecule has 0 spiro atoms. The highest BCUT2D eigenvalue weighted by Gasteiger charge is 2.23. The zero-order chi connectivity index (χ0) is 31.6. The van der Waals surface area contributed by atoms with Gasteiger partial charge in [0.1, 0.15) is 5.01 Å². The summed E-state index contributed by atoms with van der Waals surface area (Å²) in [5, 5.41) is 19.8. The molecule has 232 valence electrons. The van der Waals surface area contributed by atoms with Crippen molar-refractivity contribution >= 4 is 50.0 Å². The van der Waals surface area contributed by atoms with Gasteiger partial charge in [-0.15, -0.1) is 11.3 Å². The van der Waals surface area contributed by atoms with Crippen LogP contribution in [-0.4, -0.2) is 51.1 Å². The van der Waals surface area contributed by atoms with Crippen LogP contribution in [0, 0.1) is 6.92 Å². The van der Waals surface area contributed by atoms with E-state index in [4.69, 9.17) is 31.5 Å². The van der Waals surface area contributed by atoms with E-state index in [0.717, 1.165) is 74.5 Å². The maximum absolute atomic E-state index is 12.6. The fourth-order valence-electron chi connectivity index (χ4n) is 5.69. The normalized spacial score (nSPS) is 14.1. The molecule has 2 aromatic heterocycles. The van der Waals surface area contributed by atoms with E-state index in [1.165, 1.54) is 11.1 Å². The summed E-state index contributed by atoms with van der Waals surface area (Å²) < 4.78 is 8.37. The number of aryl methyl sites for hydroxylation is 2. The molecule has 3 heterocycles. The van der Waals surface area contributed by atoms with Crippen molar-refractivity contribution in [2.75, 3.05) is 19.7 Å². The molecule has 0 unspecified atom stereocenters. The maximum atomic E-state index is 12.6. The molecular formula is C35H41ClN4O3S. The Kier molecular flexibility index (Phi) is 9.75. The van der Waals surface area contributed by atoms with Gasteiger partial charge in [0.15, 0.2) is 0 Å². The summed E-state index contributed by atoms with van der Waals surface area (Å²) in [6.07, 6.45) is 2.41. The van der Waals surface area contributed by atoms with Crippen LogP contribution < -0.4 is 5.32 Å². The quantitative estimate of drug-likeness (QED) is 0.186. The molecule has 2 N–H and O–H groups in total. The molecule has 0 radical (unpaired) electrons. The third-order valence-corrected chi connectivity index (χ3v) is 9.01. The molecule has 1 aliphatic rings. The molecule has 44 heavy (non-hydrogen) atoms. The molecule has 1 fully saturated rings. The predicted molar refractivity (Wildman–Crippen MR) is 182 cm³/mol. The Morgan fingerprint density at radius 1 is 1.11 bits per heavy atom. The number of halogens is 1. The number of esters is 1. The SMILES string of the molecule is CC(C)(C)O.CCOC(=O)Cc1c(C)cc2nc(-c3ccc4c(c3)c(C3CCNCC3)nn4C)sc2c1-c1ccc(Cl)cc1. The molecule has 0 amide bonds. The van der Waals surface area contributed by atoms with Gasteiger partial charge in [0.2, 0.25) is 0 Å². The summed E-state index contributed by atoms with van der Waals surface area (Å²) in [5.41, 5.74) is 7.86. The smallest absolute Gasteiger partial charge is 0.310 e. The van der Waals surface area contributed by atoms with Gasteiger partial charge in [-0.2, -0.15) is 5.10 Å². The van der Waals surface area contributed by atoms with Crippen LogP contribution in [-0.2, 0) is 23.0 Å². The number of hydrogen-bond acceptors (Lipinski definition) is 7. The molecule has 0 bridgehead atoms. The van der Waals surface area contributed by atoms with Crippen molar-refractivity contribution in [3.8, 4) is 21.7 Å². The van der Waals surface area contributed by atoms with Crippen LogP contribution >= 0.6 is 22.9 Å². The number of carbonyl (C=O) groups excluding carboxylic acids is 1. The van der Waals surface area contributed by atoms with Crippen LogP contribution in [0.3, 0.4) is 0 Å². The number of aromatic nitrogens is 3. The van der Waals surface area contributed by atoms with Gasteiger partial charge in [0.25, 0.3) is 0 Å². The van der Waals surface area contributed by atoms with E-state index in [0.29, 0.717) is 17.5 Å². The van der Waals surface area contributed by atoms with Crippen LogP contribution in [0.5, 0.6) is 0 Å². The number of fused-ring (bicyclic) bond motifs is 2. The highest BCUT2D eigenvalue weighted by Crippen LogP contribution is 2.42. The summed E-state index contributed by atoms with van der Waals surface area (Å²) >= 11 is 7.88. The maximum Gasteiger partial charge on any atom is 0.310 e. The van der Waals surface area contributed by atoms with Gasteiger partial charge >= 0.3 is 5.97 Å². The summed E-state index contributed by atoms with van der Waals surface area (Å²) in [6, 6.07) is 16.4. The van der Waals surface area contributed by atoms with Crippen LogP contribution in [0.15, 0.2) is 48.5 Å². The second kappa shape index (κ2) is 13.4. The molecule has 9 heteroatoms. The van der Waals surface area contributed by atoms with E-state index < -0.39 is 5.60 Å². The number of nitrogens with one attached hydrogen (secondary N) is 1. The number of benzene rings is 3. The van der Waals surface area contributed by atoms with E-state index in [2.05, 4.69) is 29.6 Å². The Hall–Kier alpha value is -3.30. The number of aliphatic hydroxyl groups is 1. The lowest BCUT2D eigenvalue weighted by Crippen LogP contribution is -2.26. The molecule has 7 nitrogen and oxygen atoms in total. The van der Waals surface area contributed by atoms with Crippen molar-refractivity contribution in [2.45, 2.75) is 65.4 Å². The summed E-state index contributed by atoms with van der Waals surface area (Å²) in [6.45, 7) is 11.5. The molecule has 0 atom stereocenters. The lowest BCUT2D eigenvalue weighted by molar-refractivity contribution is -0.142. The molecule has 0 saturated carbocycles. The highest BCUT2D eigenvalue weighted by molar-refractivity contribution is 7.22. The number of ether oxygens (including phenoxy) is 1. The van der Waals surface area contributed by atoms with Crippen molar-refractivity contribution in [1.29, 1.82) is 0 Å². The standard InChI is InChI=1S/C31H31ClN4O2S.C4H10O/c1-4-38-27(37)17-23-18(2)15-25-30(28(23)19-5-8-22(32)9-6-19)39-31(34-25)21-7-10-26-24(16-21)29(35-36(26)3)20-11-13-33-14-12-20;1-4(2,3)5/h5-10,15-16,20,33H,4,11-14,17H2,1-3H3;5H,1-3H3.